The van der Waals surface area contributed by atoms with E-state index < -0.39 is 36.2 Å². The second-order valence-electron chi connectivity index (χ2n) is 3.41. The van der Waals surface area contributed by atoms with E-state index in [1.54, 1.807) is 0 Å². The number of primary amides is 2. The van der Waals surface area contributed by atoms with E-state index in [0.29, 0.717) is 4.90 Å². The van der Waals surface area contributed by atoms with E-state index in [-0.39, 0.29) is 6.42 Å². The van der Waals surface area contributed by atoms with E-state index in [1.807, 2.05) is 0 Å². The molecule has 0 aromatic carbocycles. The normalized spacial score (nSPS) is 22.4. The van der Waals surface area contributed by atoms with Crippen molar-refractivity contribution in [3.63, 3.8) is 0 Å². The number of likely N-dealkylation sites (tertiary alicyclic amines) is 1. The van der Waals surface area contributed by atoms with Crippen LogP contribution in [0, 0.1) is 6.42 Å². The van der Waals surface area contributed by atoms with Crippen LogP contribution >= 0.6 is 0 Å². The zero-order valence-corrected chi connectivity index (χ0v) is 8.15. The lowest BCUT2D eigenvalue weighted by Crippen LogP contribution is -2.71. The average molecular weight is 234 g/mol. The number of halogens is 2. The maximum absolute atomic E-state index is 12.9. The predicted octanol–water partition coefficient (Wildman–Crippen LogP) is -1.60. The van der Waals surface area contributed by atoms with Gasteiger partial charge in [0.1, 0.15) is 0 Å². The van der Waals surface area contributed by atoms with Crippen LogP contribution < -0.4 is 11.5 Å². The second-order valence-corrected chi connectivity index (χ2v) is 3.41. The summed E-state index contributed by atoms with van der Waals surface area (Å²) in [5.41, 5.74) is 9.51. The molecule has 0 aromatic rings. The van der Waals surface area contributed by atoms with Crippen molar-refractivity contribution in [1.29, 1.82) is 0 Å². The molecule has 1 atom stereocenters. The molecule has 1 fully saturated rings. The average Bonchev–Trinajstić information content (AvgIpc) is 2.09. The Morgan fingerprint density at radius 1 is 1.38 bits per heavy atom. The minimum absolute atomic E-state index is 0.369. The first-order valence-electron chi connectivity index (χ1n) is 4.35. The molecule has 6 nitrogen and oxygen atoms in total. The molecule has 1 radical (unpaired) electrons. The number of carbonyl (C=O) groups is 3. The van der Waals surface area contributed by atoms with Crippen molar-refractivity contribution in [3.8, 4) is 0 Å². The van der Waals surface area contributed by atoms with E-state index >= 15 is 0 Å². The summed E-state index contributed by atoms with van der Waals surface area (Å²) >= 11 is 0. The number of rotatable bonds is 4. The van der Waals surface area contributed by atoms with Gasteiger partial charge >= 0.3 is 0 Å². The van der Waals surface area contributed by atoms with Gasteiger partial charge in [-0.1, -0.05) is 0 Å². The number of amides is 3. The fraction of sp³-hybridized carbons (Fsp3) is 0.500. The Balaban J connectivity index is 2.59. The fourth-order valence-electron chi connectivity index (χ4n) is 1.39. The van der Waals surface area contributed by atoms with Crippen molar-refractivity contribution in [3.05, 3.63) is 6.42 Å². The summed E-state index contributed by atoms with van der Waals surface area (Å²) in [6, 6.07) is -1.94. The lowest BCUT2D eigenvalue weighted by molar-refractivity contribution is -0.194. The van der Waals surface area contributed by atoms with Crippen LogP contribution in [0.2, 0.25) is 0 Å². The molecule has 1 saturated heterocycles. The van der Waals surface area contributed by atoms with Gasteiger partial charge in [0.15, 0.2) is 6.04 Å². The molecule has 0 bridgehead atoms. The molecule has 8 heteroatoms. The van der Waals surface area contributed by atoms with Gasteiger partial charge in [-0.3, -0.25) is 14.4 Å². The van der Waals surface area contributed by atoms with Gasteiger partial charge in [-0.25, -0.2) is 8.78 Å². The Morgan fingerprint density at radius 2 is 1.94 bits per heavy atom. The Morgan fingerprint density at radius 3 is 2.31 bits per heavy atom. The third-order valence-electron chi connectivity index (χ3n) is 2.12. The first kappa shape index (κ1) is 12.3. The van der Waals surface area contributed by atoms with Crippen LogP contribution in [-0.2, 0) is 14.4 Å². The van der Waals surface area contributed by atoms with Gasteiger partial charge in [0.05, 0.1) is 13.0 Å². The van der Waals surface area contributed by atoms with Gasteiger partial charge in [0.2, 0.25) is 17.7 Å². The number of carbonyl (C=O) groups excluding carboxylic acids is 3. The molecule has 3 amide bonds. The molecule has 89 valence electrons. The van der Waals surface area contributed by atoms with Crippen molar-refractivity contribution in [1.82, 2.24) is 4.90 Å². The van der Waals surface area contributed by atoms with Crippen LogP contribution in [0.25, 0.3) is 0 Å². The number of nitrogens with zero attached hydrogens (tertiary/aromatic N) is 1. The molecule has 0 spiro atoms. The number of nitrogens with two attached hydrogens (primary N) is 2. The first-order valence-corrected chi connectivity index (χ1v) is 4.35. The summed E-state index contributed by atoms with van der Waals surface area (Å²) in [5.74, 6) is -6.20. The monoisotopic (exact) mass is 234 g/mol. The SMILES string of the molecule is NC(=O)C[CH]C(=O)N1CC(F)(F)[C@@H]1C(N)=O. The van der Waals surface area contributed by atoms with Crippen molar-refractivity contribution >= 4 is 17.7 Å². The largest absolute Gasteiger partial charge is 0.370 e. The first-order chi connectivity index (χ1) is 7.25. The van der Waals surface area contributed by atoms with Gasteiger partial charge in [0, 0.05) is 6.42 Å². The molecule has 1 aliphatic rings. The minimum atomic E-state index is -3.30. The van der Waals surface area contributed by atoms with Crippen molar-refractivity contribution in [2.45, 2.75) is 18.4 Å². The van der Waals surface area contributed by atoms with Gasteiger partial charge in [-0.2, -0.15) is 0 Å². The number of hydrogen-bond acceptors (Lipinski definition) is 3. The summed E-state index contributed by atoms with van der Waals surface area (Å²) in [4.78, 5) is 32.9. The standard InChI is InChI=1S/C8H10F2N3O3/c9-8(10)3-13(6(8)7(12)16)5(15)2-1-4(11)14/h2,6H,1,3H2,(H2,11,14)(H2,12,16)/t6-/m0/s1. The molecule has 0 saturated carbocycles. The summed E-state index contributed by atoms with van der Waals surface area (Å²) in [7, 11) is 0. The van der Waals surface area contributed by atoms with Crippen molar-refractivity contribution < 1.29 is 23.2 Å². The van der Waals surface area contributed by atoms with Gasteiger partial charge in [-0.05, 0) is 0 Å². The van der Waals surface area contributed by atoms with E-state index in [9.17, 15) is 23.2 Å². The molecule has 0 aromatic heterocycles. The van der Waals surface area contributed by atoms with Gasteiger partial charge < -0.3 is 16.4 Å². The smallest absolute Gasteiger partial charge is 0.294 e. The maximum Gasteiger partial charge on any atom is 0.294 e. The van der Waals surface area contributed by atoms with Gasteiger partial charge in [-0.15, -0.1) is 0 Å². The van der Waals surface area contributed by atoms with Crippen LogP contribution in [0.15, 0.2) is 0 Å². The zero-order chi connectivity index (χ0) is 12.5. The van der Waals surface area contributed by atoms with E-state index in [4.69, 9.17) is 11.5 Å². The summed E-state index contributed by atoms with van der Waals surface area (Å²) in [6.07, 6.45) is 0.472. The van der Waals surface area contributed by atoms with E-state index in [1.165, 1.54) is 0 Å². The molecule has 0 unspecified atom stereocenters. The zero-order valence-electron chi connectivity index (χ0n) is 8.15. The highest BCUT2D eigenvalue weighted by atomic mass is 19.3. The summed E-state index contributed by atoms with van der Waals surface area (Å²) < 4.78 is 25.7. The Labute approximate surface area is 89.5 Å². The lowest BCUT2D eigenvalue weighted by atomic mass is 9.96. The summed E-state index contributed by atoms with van der Waals surface area (Å²) in [6.45, 7) is -0.880. The highest BCUT2D eigenvalue weighted by Gasteiger charge is 2.59. The molecule has 1 rings (SSSR count). The Bertz CT molecular complexity index is 345. The van der Waals surface area contributed by atoms with Crippen LogP contribution in [-0.4, -0.2) is 41.1 Å². The molecule has 1 aliphatic heterocycles. The highest BCUT2D eigenvalue weighted by Crippen LogP contribution is 2.34. The number of hydrogen-bond donors (Lipinski definition) is 2. The topological polar surface area (TPSA) is 106 Å². The van der Waals surface area contributed by atoms with Crippen LogP contribution in [0.5, 0.6) is 0 Å². The van der Waals surface area contributed by atoms with Crippen LogP contribution in [0.1, 0.15) is 6.42 Å². The molecule has 1 heterocycles. The van der Waals surface area contributed by atoms with Crippen molar-refractivity contribution in [2.24, 2.45) is 11.5 Å². The Kier molecular flexibility index (Phi) is 3.11. The molecule has 16 heavy (non-hydrogen) atoms. The van der Waals surface area contributed by atoms with Crippen LogP contribution in [0.4, 0.5) is 8.78 Å². The number of alkyl halides is 2. The molecular formula is C8H10F2N3O3. The summed E-state index contributed by atoms with van der Waals surface area (Å²) in [5, 5.41) is 0. The van der Waals surface area contributed by atoms with Gasteiger partial charge in [0.25, 0.3) is 5.92 Å². The van der Waals surface area contributed by atoms with Crippen molar-refractivity contribution in [2.75, 3.05) is 6.54 Å². The third-order valence-corrected chi connectivity index (χ3v) is 2.12. The lowest BCUT2D eigenvalue weighted by Gasteiger charge is -2.45. The molecule has 4 N–H and O–H groups in total. The Hall–Kier alpha value is -1.73. The quantitative estimate of drug-likeness (QED) is 0.611. The predicted molar refractivity (Wildman–Crippen MR) is 47.8 cm³/mol. The second kappa shape index (κ2) is 4.03. The highest BCUT2D eigenvalue weighted by molar-refractivity contribution is 5.95. The fourth-order valence-corrected chi connectivity index (χ4v) is 1.39. The third kappa shape index (κ3) is 2.26. The van der Waals surface area contributed by atoms with E-state index in [2.05, 4.69) is 0 Å². The molecule has 0 aliphatic carbocycles. The maximum atomic E-state index is 12.9. The van der Waals surface area contributed by atoms with Crippen LogP contribution in [0.3, 0.4) is 0 Å². The molecular weight excluding hydrogens is 224 g/mol. The van der Waals surface area contributed by atoms with E-state index in [0.717, 1.165) is 6.42 Å². The minimum Gasteiger partial charge on any atom is -0.370 e.